The number of para-hydroxylation sites is 2. The van der Waals surface area contributed by atoms with Crippen molar-refractivity contribution in [2.24, 2.45) is 0 Å². The predicted octanol–water partition coefficient (Wildman–Crippen LogP) is 6.41. The summed E-state index contributed by atoms with van der Waals surface area (Å²) in [4.78, 5) is 40.5. The standard InChI is InChI=1S/C30H27ClN2O4/c1-18-9-11-19(12-10-18)30-29-24(16-21(17-26(29)34)20-5-4-6-22(31)15-20)32-23-7-2-3-8-25(23)33(30)27(35)13-14-28(36)37/h2-12,15,21,30,32H,13-14,16-17H2,1H3,(H,36,37)/t21-,30-/m1/s1. The molecule has 2 aliphatic rings. The molecule has 1 aliphatic carbocycles. The fourth-order valence-corrected chi connectivity index (χ4v) is 5.46. The Hall–Kier alpha value is -3.90. The Kier molecular flexibility index (Phi) is 6.85. The summed E-state index contributed by atoms with van der Waals surface area (Å²) in [6, 6.07) is 22.1. The van der Waals surface area contributed by atoms with Gasteiger partial charge < -0.3 is 10.4 Å². The lowest BCUT2D eigenvalue weighted by Gasteiger charge is -2.35. The molecule has 1 aliphatic heterocycles. The Morgan fingerprint density at radius 1 is 0.973 bits per heavy atom. The van der Waals surface area contributed by atoms with Gasteiger partial charge in [0.25, 0.3) is 0 Å². The average Bonchev–Trinajstić information content (AvgIpc) is 3.02. The number of Topliss-reactive ketones (excluding diaryl/α,β-unsaturated/α-hetero) is 1. The number of carbonyl (C=O) groups is 3. The predicted molar refractivity (Wildman–Crippen MR) is 144 cm³/mol. The van der Waals surface area contributed by atoms with Gasteiger partial charge in [0.2, 0.25) is 5.91 Å². The van der Waals surface area contributed by atoms with Gasteiger partial charge in [0.1, 0.15) is 0 Å². The summed E-state index contributed by atoms with van der Waals surface area (Å²) in [6.45, 7) is 1.98. The van der Waals surface area contributed by atoms with Crippen molar-refractivity contribution in [2.45, 2.75) is 44.6 Å². The first kappa shape index (κ1) is 24.8. The van der Waals surface area contributed by atoms with E-state index in [-0.39, 0.29) is 36.9 Å². The van der Waals surface area contributed by atoms with Gasteiger partial charge in [-0.15, -0.1) is 0 Å². The number of amides is 1. The van der Waals surface area contributed by atoms with Crippen LogP contribution in [0.5, 0.6) is 0 Å². The minimum Gasteiger partial charge on any atom is -0.481 e. The van der Waals surface area contributed by atoms with Crippen LogP contribution in [0, 0.1) is 6.92 Å². The molecule has 2 N–H and O–H groups in total. The van der Waals surface area contributed by atoms with Crippen LogP contribution >= 0.6 is 11.6 Å². The summed E-state index contributed by atoms with van der Waals surface area (Å²) in [5.41, 5.74) is 5.49. The van der Waals surface area contributed by atoms with Crippen LogP contribution in [0.4, 0.5) is 11.4 Å². The van der Waals surface area contributed by atoms with Crippen LogP contribution in [0.15, 0.2) is 84.1 Å². The lowest BCUT2D eigenvalue weighted by molar-refractivity contribution is -0.138. The summed E-state index contributed by atoms with van der Waals surface area (Å²) < 4.78 is 0. The van der Waals surface area contributed by atoms with Crippen molar-refractivity contribution in [1.29, 1.82) is 0 Å². The molecule has 5 rings (SSSR count). The molecule has 0 radical (unpaired) electrons. The molecule has 0 saturated heterocycles. The molecule has 188 valence electrons. The fraction of sp³-hybridized carbons (Fsp3) is 0.233. The number of ketones is 1. The van der Waals surface area contributed by atoms with Gasteiger partial charge in [0.15, 0.2) is 5.78 Å². The van der Waals surface area contributed by atoms with Crippen molar-refractivity contribution in [3.63, 3.8) is 0 Å². The van der Waals surface area contributed by atoms with E-state index < -0.39 is 12.0 Å². The smallest absolute Gasteiger partial charge is 0.303 e. The molecule has 1 amide bonds. The van der Waals surface area contributed by atoms with Gasteiger partial charge in [-0.3, -0.25) is 19.3 Å². The molecule has 37 heavy (non-hydrogen) atoms. The summed E-state index contributed by atoms with van der Waals surface area (Å²) in [5.74, 6) is -1.49. The molecule has 6 nitrogen and oxygen atoms in total. The Morgan fingerprint density at radius 2 is 1.73 bits per heavy atom. The van der Waals surface area contributed by atoms with E-state index in [0.29, 0.717) is 28.4 Å². The number of aliphatic carboxylic acids is 1. The molecular formula is C30H27ClN2O4. The average molecular weight is 515 g/mol. The van der Waals surface area contributed by atoms with E-state index in [1.807, 2.05) is 79.7 Å². The quantitative estimate of drug-likeness (QED) is 0.410. The van der Waals surface area contributed by atoms with E-state index in [1.54, 1.807) is 4.90 Å². The molecule has 0 fully saturated rings. The Bertz CT molecular complexity index is 1410. The van der Waals surface area contributed by atoms with Crippen LogP contribution in [-0.4, -0.2) is 22.8 Å². The topological polar surface area (TPSA) is 86.7 Å². The molecule has 0 unspecified atom stereocenters. The minimum absolute atomic E-state index is 0.0480. The number of nitrogens with zero attached hydrogens (tertiary/aromatic N) is 1. The number of anilines is 2. The second-order valence-corrected chi connectivity index (χ2v) is 10.0. The summed E-state index contributed by atoms with van der Waals surface area (Å²) in [5, 5.41) is 13.4. The van der Waals surface area contributed by atoms with E-state index in [1.165, 1.54) is 0 Å². The van der Waals surface area contributed by atoms with Gasteiger partial charge >= 0.3 is 5.97 Å². The van der Waals surface area contributed by atoms with Crippen molar-refractivity contribution >= 4 is 40.6 Å². The van der Waals surface area contributed by atoms with Crippen LogP contribution in [-0.2, 0) is 14.4 Å². The number of benzene rings is 3. The SMILES string of the molecule is Cc1ccc([C@@H]2C3=C(C[C@@H](c4cccc(Cl)c4)CC3=O)Nc3ccccc3N2C(=O)CCC(=O)O)cc1. The molecule has 0 saturated carbocycles. The van der Waals surface area contributed by atoms with E-state index in [9.17, 15) is 19.5 Å². The second-order valence-electron chi connectivity index (χ2n) is 9.59. The number of allylic oxidation sites excluding steroid dienone is 1. The van der Waals surface area contributed by atoms with E-state index >= 15 is 0 Å². The third-order valence-corrected chi connectivity index (χ3v) is 7.26. The van der Waals surface area contributed by atoms with Gasteiger partial charge in [-0.2, -0.15) is 0 Å². The highest BCUT2D eigenvalue weighted by Crippen LogP contribution is 2.47. The van der Waals surface area contributed by atoms with Crippen LogP contribution in [0.1, 0.15) is 54.3 Å². The Labute approximate surface area is 220 Å². The third-order valence-electron chi connectivity index (χ3n) is 7.02. The van der Waals surface area contributed by atoms with Crippen molar-refractivity contribution in [1.82, 2.24) is 0 Å². The number of aryl methyl sites for hydroxylation is 1. The van der Waals surface area contributed by atoms with Gasteiger partial charge in [-0.05, 0) is 54.7 Å². The van der Waals surface area contributed by atoms with E-state index in [4.69, 9.17) is 11.6 Å². The Morgan fingerprint density at radius 3 is 2.46 bits per heavy atom. The number of fused-ring (bicyclic) bond motifs is 1. The molecule has 0 spiro atoms. The molecule has 0 aromatic heterocycles. The largest absolute Gasteiger partial charge is 0.481 e. The Balaban J connectivity index is 1.68. The molecule has 1 heterocycles. The van der Waals surface area contributed by atoms with E-state index in [0.717, 1.165) is 22.4 Å². The maximum absolute atomic E-state index is 13.9. The molecule has 3 aromatic rings. The molecule has 2 atom stereocenters. The van der Waals surface area contributed by atoms with Crippen LogP contribution in [0.25, 0.3) is 0 Å². The number of carboxylic acids is 1. The lowest BCUT2D eigenvalue weighted by atomic mass is 9.78. The number of halogens is 1. The number of hydrogen-bond donors (Lipinski definition) is 2. The van der Waals surface area contributed by atoms with Crippen molar-refractivity contribution in [2.75, 3.05) is 10.2 Å². The van der Waals surface area contributed by atoms with Crippen molar-refractivity contribution < 1.29 is 19.5 Å². The normalized spacial score (nSPS) is 19.0. The van der Waals surface area contributed by atoms with Crippen molar-refractivity contribution in [3.05, 3.63) is 106 Å². The zero-order valence-electron chi connectivity index (χ0n) is 20.4. The first-order valence-corrected chi connectivity index (χ1v) is 12.7. The number of carbonyl (C=O) groups excluding carboxylic acids is 2. The minimum atomic E-state index is -1.04. The molecule has 3 aromatic carbocycles. The molecule has 7 heteroatoms. The number of nitrogens with one attached hydrogen (secondary N) is 1. The lowest BCUT2D eigenvalue weighted by Crippen LogP contribution is -2.38. The number of rotatable bonds is 5. The van der Waals surface area contributed by atoms with Crippen LogP contribution < -0.4 is 10.2 Å². The highest BCUT2D eigenvalue weighted by atomic mass is 35.5. The zero-order chi connectivity index (χ0) is 26.1. The maximum atomic E-state index is 13.9. The third kappa shape index (κ3) is 5.02. The van der Waals surface area contributed by atoms with Gasteiger partial charge in [0.05, 0.1) is 23.8 Å². The monoisotopic (exact) mass is 514 g/mol. The fourth-order valence-electron chi connectivity index (χ4n) is 5.26. The van der Waals surface area contributed by atoms with Gasteiger partial charge in [-0.25, -0.2) is 0 Å². The van der Waals surface area contributed by atoms with E-state index in [2.05, 4.69) is 5.32 Å². The number of carboxylic acid groups (broad SMARTS) is 1. The second kappa shape index (κ2) is 10.2. The van der Waals surface area contributed by atoms with Gasteiger partial charge in [-0.1, -0.05) is 65.7 Å². The van der Waals surface area contributed by atoms with Crippen LogP contribution in [0.2, 0.25) is 5.02 Å². The highest BCUT2D eigenvalue weighted by molar-refractivity contribution is 6.30. The molecule has 0 bridgehead atoms. The maximum Gasteiger partial charge on any atom is 0.303 e. The molecular weight excluding hydrogens is 488 g/mol. The summed E-state index contributed by atoms with van der Waals surface area (Å²) in [7, 11) is 0. The van der Waals surface area contributed by atoms with Crippen LogP contribution in [0.3, 0.4) is 0 Å². The number of hydrogen-bond acceptors (Lipinski definition) is 4. The van der Waals surface area contributed by atoms with Crippen molar-refractivity contribution in [3.8, 4) is 0 Å². The summed E-state index contributed by atoms with van der Waals surface area (Å²) >= 11 is 6.25. The first-order chi connectivity index (χ1) is 17.8. The van der Waals surface area contributed by atoms with Gasteiger partial charge in [0, 0.05) is 29.1 Å². The zero-order valence-corrected chi connectivity index (χ0v) is 21.2. The highest BCUT2D eigenvalue weighted by Gasteiger charge is 2.41. The summed E-state index contributed by atoms with van der Waals surface area (Å²) in [6.07, 6.45) is 0.405. The first-order valence-electron chi connectivity index (χ1n) is 12.3.